The quantitative estimate of drug-likeness (QED) is 0.569. The summed E-state index contributed by atoms with van der Waals surface area (Å²) in [5.74, 6) is -0.755. The highest BCUT2D eigenvalue weighted by atomic mass is 19.1. The molecule has 26 heavy (non-hydrogen) atoms. The number of urea groups is 1. The second-order valence-electron chi connectivity index (χ2n) is 6.17. The molecule has 6 nitrogen and oxygen atoms in total. The summed E-state index contributed by atoms with van der Waals surface area (Å²) >= 11 is 0. The van der Waals surface area contributed by atoms with Crippen molar-refractivity contribution >= 4 is 34.2 Å². The molecule has 134 valence electrons. The molecule has 7 heteroatoms. The number of aromatic amines is 1. The van der Waals surface area contributed by atoms with Crippen LogP contribution in [0.5, 0.6) is 0 Å². The Balaban J connectivity index is 1.79. The Hall–Kier alpha value is -3.35. The first kappa shape index (κ1) is 17.5. The lowest BCUT2D eigenvalue weighted by atomic mass is 10.2. The second kappa shape index (κ2) is 7.26. The van der Waals surface area contributed by atoms with Crippen LogP contribution in [0.3, 0.4) is 0 Å². The van der Waals surface area contributed by atoms with Gasteiger partial charge in [0, 0.05) is 16.9 Å². The van der Waals surface area contributed by atoms with Gasteiger partial charge in [-0.05, 0) is 50.2 Å². The van der Waals surface area contributed by atoms with E-state index in [0.717, 1.165) is 0 Å². The second-order valence-corrected chi connectivity index (χ2v) is 6.17. The Labute approximate surface area is 149 Å². The fourth-order valence-electron chi connectivity index (χ4n) is 2.54. The lowest BCUT2D eigenvalue weighted by molar-refractivity contribution is 0.102. The average molecular weight is 354 g/mol. The van der Waals surface area contributed by atoms with Crippen molar-refractivity contribution in [3.05, 3.63) is 60.0 Å². The number of fused-ring (bicyclic) bond motifs is 1. The molecule has 0 atom stereocenters. The lowest BCUT2D eigenvalue weighted by Gasteiger charge is -2.14. The van der Waals surface area contributed by atoms with E-state index in [4.69, 9.17) is 0 Å². The van der Waals surface area contributed by atoms with Crippen LogP contribution in [0.2, 0.25) is 0 Å². The number of amides is 3. The van der Waals surface area contributed by atoms with E-state index in [2.05, 4.69) is 20.9 Å². The van der Waals surface area contributed by atoms with Crippen molar-refractivity contribution in [3.63, 3.8) is 0 Å². The van der Waals surface area contributed by atoms with E-state index in [9.17, 15) is 14.0 Å². The molecule has 0 spiro atoms. The number of halogens is 1. The summed E-state index contributed by atoms with van der Waals surface area (Å²) in [6, 6.07) is 12.4. The Morgan fingerprint density at radius 2 is 1.69 bits per heavy atom. The van der Waals surface area contributed by atoms with Gasteiger partial charge >= 0.3 is 6.03 Å². The Morgan fingerprint density at radius 1 is 1.00 bits per heavy atom. The molecule has 0 bridgehead atoms. The van der Waals surface area contributed by atoms with Crippen molar-refractivity contribution < 1.29 is 14.0 Å². The topological polar surface area (TPSA) is 86.0 Å². The smallest absolute Gasteiger partial charge is 0.319 e. The summed E-state index contributed by atoms with van der Waals surface area (Å²) in [6.07, 6.45) is 0. The van der Waals surface area contributed by atoms with E-state index in [0.29, 0.717) is 28.0 Å². The highest BCUT2D eigenvalue weighted by Crippen LogP contribution is 2.23. The zero-order valence-electron chi connectivity index (χ0n) is 14.4. The van der Waals surface area contributed by atoms with Gasteiger partial charge in [0.15, 0.2) is 0 Å². The number of anilines is 2. The number of carbonyl (C=O) groups is 2. The van der Waals surface area contributed by atoms with Crippen LogP contribution < -0.4 is 16.0 Å². The first-order chi connectivity index (χ1) is 12.4. The SMILES string of the molecule is CC(C)NC(=O)Nc1ccccc1NC(=O)c1cc2cc(F)ccc2[nH]1. The summed E-state index contributed by atoms with van der Waals surface area (Å²) in [6.45, 7) is 3.71. The number of para-hydroxylation sites is 2. The molecular weight excluding hydrogens is 335 g/mol. The van der Waals surface area contributed by atoms with E-state index in [-0.39, 0.29) is 23.8 Å². The van der Waals surface area contributed by atoms with Crippen molar-refractivity contribution in [3.8, 4) is 0 Å². The van der Waals surface area contributed by atoms with Gasteiger partial charge in [0.05, 0.1) is 11.4 Å². The zero-order valence-corrected chi connectivity index (χ0v) is 14.4. The van der Waals surface area contributed by atoms with Crippen molar-refractivity contribution in [2.24, 2.45) is 0 Å². The highest BCUT2D eigenvalue weighted by molar-refractivity contribution is 6.08. The molecule has 3 rings (SSSR count). The Bertz CT molecular complexity index is 965. The summed E-state index contributed by atoms with van der Waals surface area (Å²) in [4.78, 5) is 27.4. The maximum absolute atomic E-state index is 13.3. The van der Waals surface area contributed by atoms with Crippen LogP contribution >= 0.6 is 0 Å². The number of H-pyrrole nitrogens is 1. The molecule has 0 aliphatic rings. The minimum Gasteiger partial charge on any atom is -0.351 e. The molecule has 0 aliphatic carbocycles. The van der Waals surface area contributed by atoms with Crippen LogP contribution in [0.25, 0.3) is 10.9 Å². The van der Waals surface area contributed by atoms with Gasteiger partial charge in [-0.1, -0.05) is 12.1 Å². The zero-order chi connectivity index (χ0) is 18.7. The maximum Gasteiger partial charge on any atom is 0.319 e. The standard InChI is InChI=1S/C19H19FN4O2/c1-11(2)21-19(26)24-16-6-4-3-5-15(16)23-18(25)17-10-12-9-13(20)7-8-14(12)22-17/h3-11,22H,1-2H3,(H,23,25)(H2,21,24,26). The molecule has 0 radical (unpaired) electrons. The molecule has 0 aliphatic heterocycles. The largest absolute Gasteiger partial charge is 0.351 e. The van der Waals surface area contributed by atoms with E-state index < -0.39 is 0 Å². The van der Waals surface area contributed by atoms with Crippen molar-refractivity contribution in [1.29, 1.82) is 0 Å². The molecule has 1 aromatic heterocycles. The maximum atomic E-state index is 13.3. The van der Waals surface area contributed by atoms with Gasteiger partial charge < -0.3 is 20.9 Å². The summed E-state index contributed by atoms with van der Waals surface area (Å²) in [5.41, 5.74) is 1.90. The minimum absolute atomic E-state index is 0.0107. The highest BCUT2D eigenvalue weighted by Gasteiger charge is 2.13. The van der Waals surface area contributed by atoms with Crippen LogP contribution in [-0.2, 0) is 0 Å². The van der Waals surface area contributed by atoms with Crippen LogP contribution in [-0.4, -0.2) is 23.0 Å². The van der Waals surface area contributed by atoms with Gasteiger partial charge in [-0.25, -0.2) is 9.18 Å². The molecule has 3 amide bonds. The molecule has 3 aromatic rings. The summed E-state index contributed by atoms with van der Waals surface area (Å²) in [7, 11) is 0. The van der Waals surface area contributed by atoms with Gasteiger partial charge in [0.25, 0.3) is 5.91 Å². The molecule has 4 N–H and O–H groups in total. The average Bonchev–Trinajstić information content (AvgIpc) is 2.99. The number of hydrogen-bond acceptors (Lipinski definition) is 2. The van der Waals surface area contributed by atoms with Gasteiger partial charge in [0.2, 0.25) is 0 Å². The van der Waals surface area contributed by atoms with Crippen LogP contribution in [0.15, 0.2) is 48.5 Å². The molecule has 0 saturated carbocycles. The molecule has 2 aromatic carbocycles. The van der Waals surface area contributed by atoms with Crippen LogP contribution in [0, 0.1) is 5.82 Å². The third kappa shape index (κ3) is 4.00. The number of aromatic nitrogens is 1. The van der Waals surface area contributed by atoms with E-state index in [1.54, 1.807) is 36.4 Å². The van der Waals surface area contributed by atoms with Crippen molar-refractivity contribution in [1.82, 2.24) is 10.3 Å². The third-order valence-electron chi connectivity index (χ3n) is 3.67. The molecule has 0 unspecified atom stereocenters. The third-order valence-corrected chi connectivity index (χ3v) is 3.67. The monoisotopic (exact) mass is 354 g/mol. The molecule has 0 saturated heterocycles. The number of hydrogen-bond donors (Lipinski definition) is 4. The van der Waals surface area contributed by atoms with Gasteiger partial charge in [-0.15, -0.1) is 0 Å². The van der Waals surface area contributed by atoms with Gasteiger partial charge in [0.1, 0.15) is 11.5 Å². The van der Waals surface area contributed by atoms with E-state index in [1.165, 1.54) is 12.1 Å². The first-order valence-corrected chi connectivity index (χ1v) is 8.18. The molecule has 1 heterocycles. The normalized spacial score (nSPS) is 10.8. The summed E-state index contributed by atoms with van der Waals surface area (Å²) in [5, 5.41) is 8.79. The van der Waals surface area contributed by atoms with E-state index >= 15 is 0 Å². The van der Waals surface area contributed by atoms with Gasteiger partial charge in [-0.3, -0.25) is 4.79 Å². The fourth-order valence-corrected chi connectivity index (χ4v) is 2.54. The first-order valence-electron chi connectivity index (χ1n) is 8.18. The Morgan fingerprint density at radius 3 is 2.38 bits per heavy atom. The number of benzene rings is 2. The molecule has 0 fully saturated rings. The number of carbonyl (C=O) groups excluding carboxylic acids is 2. The molecular formula is C19H19FN4O2. The van der Waals surface area contributed by atoms with E-state index in [1.807, 2.05) is 13.8 Å². The van der Waals surface area contributed by atoms with Crippen LogP contribution in [0.4, 0.5) is 20.6 Å². The lowest BCUT2D eigenvalue weighted by Crippen LogP contribution is -2.34. The number of nitrogens with one attached hydrogen (secondary N) is 4. The van der Waals surface area contributed by atoms with Crippen molar-refractivity contribution in [2.75, 3.05) is 10.6 Å². The fraction of sp³-hybridized carbons (Fsp3) is 0.158. The van der Waals surface area contributed by atoms with Gasteiger partial charge in [-0.2, -0.15) is 0 Å². The van der Waals surface area contributed by atoms with Crippen LogP contribution in [0.1, 0.15) is 24.3 Å². The number of rotatable bonds is 4. The minimum atomic E-state index is -0.389. The Kier molecular flexibility index (Phi) is 4.88. The summed E-state index contributed by atoms with van der Waals surface area (Å²) < 4.78 is 13.3. The predicted molar refractivity (Wildman–Crippen MR) is 99.9 cm³/mol. The predicted octanol–water partition coefficient (Wildman–Crippen LogP) is 4.09. The van der Waals surface area contributed by atoms with Crippen molar-refractivity contribution in [2.45, 2.75) is 19.9 Å².